The molecule has 0 radical (unpaired) electrons. The smallest absolute Gasteiger partial charge is 0.221 e. The summed E-state index contributed by atoms with van der Waals surface area (Å²) in [6, 6.07) is 8.50. The lowest BCUT2D eigenvalue weighted by atomic mass is 9.96. The van der Waals surface area contributed by atoms with Gasteiger partial charge in [0.05, 0.1) is 6.10 Å². The normalized spacial score (nSPS) is 24.6. The molecule has 1 aliphatic heterocycles. The first-order valence-electron chi connectivity index (χ1n) is 7.78. The summed E-state index contributed by atoms with van der Waals surface area (Å²) in [5.74, 6) is -0.0973. The molecule has 4 nitrogen and oxygen atoms in total. The second-order valence-electron chi connectivity index (χ2n) is 6.15. The third-order valence-corrected chi connectivity index (χ3v) is 4.35. The van der Waals surface area contributed by atoms with Crippen LogP contribution >= 0.6 is 0 Å². The summed E-state index contributed by atoms with van der Waals surface area (Å²) < 4.78 is 0. The second kappa shape index (κ2) is 7.05. The minimum atomic E-state index is -0.526. The fourth-order valence-corrected chi connectivity index (χ4v) is 3.17. The third-order valence-electron chi connectivity index (χ3n) is 4.35. The largest absolute Gasteiger partial charge is 0.387 e. The van der Waals surface area contributed by atoms with Crippen molar-refractivity contribution in [3.8, 4) is 0 Å². The number of anilines is 1. The summed E-state index contributed by atoms with van der Waals surface area (Å²) in [6.45, 7) is 6.60. The Kier molecular flexibility index (Phi) is 5.37. The molecule has 21 heavy (non-hydrogen) atoms. The number of piperidine rings is 1. The second-order valence-corrected chi connectivity index (χ2v) is 6.15. The van der Waals surface area contributed by atoms with Gasteiger partial charge < -0.3 is 10.4 Å². The number of carbonyl (C=O) groups excluding carboxylic acids is 1. The number of rotatable bonds is 4. The van der Waals surface area contributed by atoms with Crippen LogP contribution in [0.2, 0.25) is 0 Å². The van der Waals surface area contributed by atoms with Gasteiger partial charge in [0, 0.05) is 31.2 Å². The number of amides is 1. The summed E-state index contributed by atoms with van der Waals surface area (Å²) in [7, 11) is 0. The predicted octanol–water partition coefficient (Wildman–Crippen LogP) is 2.94. The molecule has 1 aromatic rings. The number of β-amino-alcohol motifs (C(OH)–C–C–N with tert-alkyl or cyclic N) is 1. The lowest BCUT2D eigenvalue weighted by Gasteiger charge is -2.40. The molecular formula is C17H26N2O2. The van der Waals surface area contributed by atoms with Crippen LogP contribution in [0.5, 0.6) is 0 Å². The zero-order chi connectivity index (χ0) is 15.4. The van der Waals surface area contributed by atoms with E-state index in [0.29, 0.717) is 18.6 Å². The molecular weight excluding hydrogens is 264 g/mol. The van der Waals surface area contributed by atoms with E-state index in [-0.39, 0.29) is 5.91 Å². The maximum absolute atomic E-state index is 11.1. The van der Waals surface area contributed by atoms with E-state index in [2.05, 4.69) is 24.1 Å². The van der Waals surface area contributed by atoms with E-state index in [4.69, 9.17) is 0 Å². The quantitative estimate of drug-likeness (QED) is 0.896. The maximum Gasteiger partial charge on any atom is 0.221 e. The highest BCUT2D eigenvalue weighted by Gasteiger charge is 2.26. The predicted molar refractivity (Wildman–Crippen MR) is 85.2 cm³/mol. The van der Waals surface area contributed by atoms with Gasteiger partial charge in [0.2, 0.25) is 5.91 Å². The molecule has 1 aromatic carbocycles. The van der Waals surface area contributed by atoms with Crippen LogP contribution in [0.25, 0.3) is 0 Å². The highest BCUT2D eigenvalue weighted by molar-refractivity contribution is 5.88. The Morgan fingerprint density at radius 3 is 2.67 bits per heavy atom. The molecule has 1 saturated heterocycles. The Hall–Kier alpha value is -1.39. The minimum Gasteiger partial charge on any atom is -0.387 e. The van der Waals surface area contributed by atoms with Gasteiger partial charge in [0.15, 0.2) is 0 Å². The molecule has 1 aliphatic rings. The van der Waals surface area contributed by atoms with Crippen LogP contribution in [0.4, 0.5) is 5.69 Å². The van der Waals surface area contributed by atoms with Crippen molar-refractivity contribution in [3.05, 3.63) is 29.8 Å². The van der Waals surface area contributed by atoms with Gasteiger partial charge in [-0.15, -0.1) is 0 Å². The Labute approximate surface area is 127 Å². The minimum absolute atomic E-state index is 0.0973. The van der Waals surface area contributed by atoms with Crippen LogP contribution in [0.15, 0.2) is 24.3 Å². The van der Waals surface area contributed by atoms with Gasteiger partial charge in [0.1, 0.15) is 0 Å². The number of aliphatic hydroxyl groups is 1. The molecule has 0 aliphatic carbocycles. The molecule has 2 rings (SSSR count). The number of aliphatic hydroxyl groups excluding tert-OH is 1. The first-order chi connectivity index (χ1) is 9.97. The molecule has 2 N–H and O–H groups in total. The summed E-state index contributed by atoms with van der Waals surface area (Å²) in [5, 5.41) is 13.3. The van der Waals surface area contributed by atoms with Crippen molar-refractivity contribution in [1.29, 1.82) is 0 Å². The summed E-state index contributed by atoms with van der Waals surface area (Å²) >= 11 is 0. The van der Waals surface area contributed by atoms with Crippen molar-refractivity contribution < 1.29 is 9.90 Å². The zero-order valence-corrected chi connectivity index (χ0v) is 13.2. The monoisotopic (exact) mass is 290 g/mol. The first-order valence-corrected chi connectivity index (χ1v) is 7.78. The number of nitrogens with zero attached hydrogens (tertiary/aromatic N) is 1. The van der Waals surface area contributed by atoms with Crippen LogP contribution in [0.1, 0.15) is 51.7 Å². The van der Waals surface area contributed by atoms with E-state index in [9.17, 15) is 9.90 Å². The summed E-state index contributed by atoms with van der Waals surface area (Å²) in [5.41, 5.74) is 1.59. The van der Waals surface area contributed by atoms with Crippen molar-refractivity contribution in [1.82, 2.24) is 4.90 Å². The van der Waals surface area contributed by atoms with Crippen molar-refractivity contribution in [3.63, 3.8) is 0 Å². The van der Waals surface area contributed by atoms with Crippen LogP contribution in [0, 0.1) is 0 Å². The maximum atomic E-state index is 11.1. The fraction of sp³-hybridized carbons (Fsp3) is 0.588. The van der Waals surface area contributed by atoms with E-state index in [1.165, 1.54) is 26.2 Å². The van der Waals surface area contributed by atoms with E-state index >= 15 is 0 Å². The van der Waals surface area contributed by atoms with Crippen molar-refractivity contribution >= 4 is 11.6 Å². The number of benzene rings is 1. The average molecular weight is 290 g/mol. The Morgan fingerprint density at radius 2 is 2.05 bits per heavy atom. The Balaban J connectivity index is 2.05. The SMILES string of the molecule is CC(=O)Nc1cccc(C(O)CN2C(C)CCCC2C)c1. The van der Waals surface area contributed by atoms with Crippen LogP contribution in [0.3, 0.4) is 0 Å². The standard InChI is InChI=1S/C17H26N2O2/c1-12-6-4-7-13(2)19(12)11-17(21)15-8-5-9-16(10-15)18-14(3)20/h5,8-10,12-13,17,21H,4,6-7,11H2,1-3H3,(H,18,20). The highest BCUT2D eigenvalue weighted by Crippen LogP contribution is 2.26. The molecule has 3 atom stereocenters. The van der Waals surface area contributed by atoms with Gasteiger partial charge >= 0.3 is 0 Å². The molecule has 0 bridgehead atoms. The highest BCUT2D eigenvalue weighted by atomic mass is 16.3. The van der Waals surface area contributed by atoms with Crippen molar-refractivity contribution in [2.75, 3.05) is 11.9 Å². The van der Waals surface area contributed by atoms with Crippen molar-refractivity contribution in [2.24, 2.45) is 0 Å². The zero-order valence-electron chi connectivity index (χ0n) is 13.2. The lowest BCUT2D eigenvalue weighted by molar-refractivity contribution is -0.114. The third kappa shape index (κ3) is 4.29. The molecule has 0 aromatic heterocycles. The molecule has 3 unspecified atom stereocenters. The molecule has 0 saturated carbocycles. The number of likely N-dealkylation sites (tertiary alicyclic amines) is 1. The number of nitrogens with one attached hydrogen (secondary N) is 1. The Bertz CT molecular complexity index is 479. The molecule has 4 heteroatoms. The Morgan fingerprint density at radius 1 is 1.38 bits per heavy atom. The topological polar surface area (TPSA) is 52.6 Å². The molecule has 1 amide bonds. The van der Waals surface area contributed by atoms with Crippen LogP contribution in [-0.4, -0.2) is 34.5 Å². The van der Waals surface area contributed by atoms with Gasteiger partial charge in [0.25, 0.3) is 0 Å². The first kappa shape index (κ1) is 16.0. The molecule has 0 spiro atoms. The average Bonchev–Trinajstić information content (AvgIpc) is 2.42. The van der Waals surface area contributed by atoms with Gasteiger partial charge in [-0.25, -0.2) is 0 Å². The fourth-order valence-electron chi connectivity index (χ4n) is 3.17. The van der Waals surface area contributed by atoms with E-state index in [1.54, 1.807) is 0 Å². The summed E-state index contributed by atoms with van der Waals surface area (Å²) in [4.78, 5) is 13.5. The van der Waals surface area contributed by atoms with Crippen LogP contribution < -0.4 is 5.32 Å². The summed E-state index contributed by atoms with van der Waals surface area (Å²) in [6.07, 6.45) is 3.14. The van der Waals surface area contributed by atoms with Crippen molar-refractivity contribution in [2.45, 2.75) is 58.2 Å². The van der Waals surface area contributed by atoms with Gasteiger partial charge in [-0.05, 0) is 44.4 Å². The lowest BCUT2D eigenvalue weighted by Crippen LogP contribution is -2.45. The number of carbonyl (C=O) groups is 1. The van der Waals surface area contributed by atoms with E-state index < -0.39 is 6.10 Å². The van der Waals surface area contributed by atoms with Gasteiger partial charge in [-0.3, -0.25) is 9.69 Å². The molecule has 1 fully saturated rings. The van der Waals surface area contributed by atoms with E-state index in [1.807, 2.05) is 24.3 Å². The molecule has 116 valence electrons. The number of hydrogen-bond donors (Lipinski definition) is 2. The number of hydrogen-bond acceptors (Lipinski definition) is 3. The van der Waals surface area contributed by atoms with Gasteiger partial charge in [-0.1, -0.05) is 18.6 Å². The molecule has 1 heterocycles. The van der Waals surface area contributed by atoms with Gasteiger partial charge in [-0.2, -0.15) is 0 Å². The van der Waals surface area contributed by atoms with Crippen LogP contribution in [-0.2, 0) is 4.79 Å². The van der Waals surface area contributed by atoms with E-state index in [0.717, 1.165) is 11.3 Å².